The third-order valence-corrected chi connectivity index (χ3v) is 6.21. The van der Waals surface area contributed by atoms with E-state index in [0.29, 0.717) is 6.54 Å². The zero-order valence-corrected chi connectivity index (χ0v) is 26.3. The van der Waals surface area contributed by atoms with E-state index in [1.165, 1.54) is 16.7 Å². The monoisotopic (exact) mass is 556 g/mol. The SMILES string of the molecule is C=CCCCc1ccccc1CNC(=C\CC)/N=C(/NC(/C=C(\C)CC=C)=NC)c1ccccc1C.CCCOC. The van der Waals surface area contributed by atoms with E-state index in [2.05, 4.69) is 99.0 Å². The Labute approximate surface area is 249 Å². The van der Waals surface area contributed by atoms with Crippen LogP contribution in [0.1, 0.15) is 75.1 Å². The Bertz CT molecular complexity index is 1170. The zero-order chi connectivity index (χ0) is 30.3. The number of allylic oxidation sites excluding steroid dienone is 4. The van der Waals surface area contributed by atoms with E-state index in [9.17, 15) is 0 Å². The molecule has 41 heavy (non-hydrogen) atoms. The highest BCUT2D eigenvalue weighted by Gasteiger charge is 2.11. The Hall–Kier alpha value is -3.70. The van der Waals surface area contributed by atoms with Crippen molar-refractivity contribution >= 4 is 11.7 Å². The number of ether oxygens (including phenoxy) is 1. The first-order valence-electron chi connectivity index (χ1n) is 14.7. The molecule has 2 aromatic rings. The van der Waals surface area contributed by atoms with E-state index >= 15 is 0 Å². The van der Waals surface area contributed by atoms with Gasteiger partial charge in [0.05, 0.1) is 0 Å². The summed E-state index contributed by atoms with van der Waals surface area (Å²) >= 11 is 0. The van der Waals surface area contributed by atoms with E-state index in [4.69, 9.17) is 9.73 Å². The van der Waals surface area contributed by atoms with E-state index in [0.717, 1.165) is 73.8 Å². The first kappa shape index (κ1) is 35.3. The van der Waals surface area contributed by atoms with Gasteiger partial charge in [-0.05, 0) is 81.2 Å². The van der Waals surface area contributed by atoms with Crippen LogP contribution in [0.5, 0.6) is 0 Å². The number of nitrogens with zero attached hydrogens (tertiary/aromatic N) is 2. The average molecular weight is 557 g/mol. The van der Waals surface area contributed by atoms with Gasteiger partial charge in [-0.2, -0.15) is 0 Å². The molecule has 2 aromatic carbocycles. The van der Waals surface area contributed by atoms with Gasteiger partial charge in [0.1, 0.15) is 17.5 Å². The highest BCUT2D eigenvalue weighted by molar-refractivity contribution is 6.13. The maximum absolute atomic E-state index is 5.07. The van der Waals surface area contributed by atoms with E-state index in [1.54, 1.807) is 14.2 Å². The van der Waals surface area contributed by atoms with E-state index in [1.807, 2.05) is 30.4 Å². The van der Waals surface area contributed by atoms with Gasteiger partial charge < -0.3 is 15.4 Å². The van der Waals surface area contributed by atoms with Crippen LogP contribution in [-0.2, 0) is 17.7 Å². The maximum atomic E-state index is 5.07. The quantitative estimate of drug-likeness (QED) is 0.100. The van der Waals surface area contributed by atoms with Crippen LogP contribution in [-0.4, -0.2) is 32.4 Å². The Morgan fingerprint density at radius 2 is 1.71 bits per heavy atom. The van der Waals surface area contributed by atoms with Gasteiger partial charge in [-0.3, -0.25) is 4.99 Å². The molecule has 2 rings (SSSR count). The van der Waals surface area contributed by atoms with Crippen LogP contribution in [0.4, 0.5) is 0 Å². The van der Waals surface area contributed by atoms with Crippen LogP contribution in [0.25, 0.3) is 0 Å². The molecule has 0 aromatic heterocycles. The predicted octanol–water partition coefficient (Wildman–Crippen LogP) is 8.47. The summed E-state index contributed by atoms with van der Waals surface area (Å²) in [5.74, 6) is 2.37. The van der Waals surface area contributed by atoms with Crippen molar-refractivity contribution in [1.29, 1.82) is 0 Å². The molecule has 5 nitrogen and oxygen atoms in total. The normalized spacial score (nSPS) is 12.3. The Morgan fingerprint density at radius 3 is 2.29 bits per heavy atom. The molecule has 0 radical (unpaired) electrons. The van der Waals surface area contributed by atoms with Crippen molar-refractivity contribution < 1.29 is 4.74 Å². The van der Waals surface area contributed by atoms with Gasteiger partial charge in [-0.1, -0.05) is 80.1 Å². The molecule has 0 fully saturated rings. The molecule has 0 spiro atoms. The number of hydrogen-bond acceptors (Lipinski definition) is 4. The number of hydrogen-bond donors (Lipinski definition) is 2. The number of benzene rings is 2. The van der Waals surface area contributed by atoms with Crippen LogP contribution in [0.2, 0.25) is 0 Å². The number of rotatable bonds is 15. The standard InChI is InChI=1S/C32H42N4.C4H10O/c1-7-10-11-19-27-20-13-14-21-28(27)24-34-30(17-9-3)35-32(29-22-15-12-18-26(29)5)36-31(33-6)23-25(4)16-8-2;1-3-4-5-2/h7-8,12-15,17-18,20-23,34H,1-2,9-11,16,19,24H2,3-6H3,(H,33,35,36);3-4H2,1-2H3/b25-23+,30-17+;. The molecule has 0 amide bonds. The highest BCUT2D eigenvalue weighted by Crippen LogP contribution is 2.14. The zero-order valence-electron chi connectivity index (χ0n) is 26.3. The molecule has 0 unspecified atom stereocenters. The lowest BCUT2D eigenvalue weighted by Gasteiger charge is -2.16. The fourth-order valence-corrected chi connectivity index (χ4v) is 4.06. The second-order valence-corrected chi connectivity index (χ2v) is 9.79. The summed E-state index contributed by atoms with van der Waals surface area (Å²) in [6, 6.07) is 16.9. The van der Waals surface area contributed by atoms with Crippen molar-refractivity contribution in [3.8, 4) is 0 Å². The highest BCUT2D eigenvalue weighted by atomic mass is 16.5. The molecule has 0 aliphatic heterocycles. The van der Waals surface area contributed by atoms with Crippen molar-refractivity contribution in [1.82, 2.24) is 10.6 Å². The van der Waals surface area contributed by atoms with Crippen LogP contribution in [0.15, 0.2) is 107 Å². The minimum atomic E-state index is 0.716. The van der Waals surface area contributed by atoms with Crippen molar-refractivity contribution in [2.24, 2.45) is 9.98 Å². The van der Waals surface area contributed by atoms with Gasteiger partial charge in [0, 0.05) is 32.9 Å². The summed E-state index contributed by atoms with van der Waals surface area (Å²) in [7, 11) is 3.50. The second kappa shape index (κ2) is 22.0. The van der Waals surface area contributed by atoms with Gasteiger partial charge in [-0.25, -0.2) is 4.99 Å². The van der Waals surface area contributed by atoms with Gasteiger partial charge in [-0.15, -0.1) is 13.2 Å². The van der Waals surface area contributed by atoms with Crippen molar-refractivity contribution in [3.63, 3.8) is 0 Å². The maximum Gasteiger partial charge on any atom is 0.141 e. The summed E-state index contributed by atoms with van der Waals surface area (Å²) < 4.78 is 4.69. The molecule has 0 bridgehead atoms. The Morgan fingerprint density at radius 1 is 1.00 bits per heavy atom. The summed E-state index contributed by atoms with van der Waals surface area (Å²) in [5, 5.41) is 7.07. The largest absolute Gasteiger partial charge is 0.385 e. The molecule has 0 aliphatic rings. The lowest BCUT2D eigenvalue weighted by Crippen LogP contribution is -2.32. The summed E-state index contributed by atoms with van der Waals surface area (Å²) in [4.78, 5) is 9.54. The number of methoxy groups -OCH3 is 1. The van der Waals surface area contributed by atoms with Gasteiger partial charge in [0.25, 0.3) is 0 Å². The number of nitrogens with one attached hydrogen (secondary N) is 2. The lowest BCUT2D eigenvalue weighted by molar-refractivity contribution is 0.199. The molecule has 2 N–H and O–H groups in total. The van der Waals surface area contributed by atoms with E-state index < -0.39 is 0 Å². The Balaban J connectivity index is 0.00000154. The summed E-state index contributed by atoms with van der Waals surface area (Å²) in [6.07, 6.45) is 14.0. The molecule has 0 aliphatic carbocycles. The second-order valence-electron chi connectivity index (χ2n) is 9.79. The third kappa shape index (κ3) is 14.5. The number of unbranched alkanes of at least 4 members (excludes halogenated alkanes) is 1. The third-order valence-electron chi connectivity index (χ3n) is 6.21. The molecule has 5 heteroatoms. The van der Waals surface area contributed by atoms with Crippen molar-refractivity contribution in [2.45, 2.75) is 72.8 Å². The first-order valence-corrected chi connectivity index (χ1v) is 14.7. The smallest absolute Gasteiger partial charge is 0.141 e. The summed E-state index contributed by atoms with van der Waals surface area (Å²) in [6.45, 7) is 17.7. The fraction of sp³-hybridized carbons (Fsp3) is 0.389. The predicted molar refractivity (Wildman–Crippen MR) is 180 cm³/mol. The fourth-order valence-electron chi connectivity index (χ4n) is 4.06. The topological polar surface area (TPSA) is 58.0 Å². The first-order chi connectivity index (χ1) is 19.9. The minimum Gasteiger partial charge on any atom is -0.385 e. The van der Waals surface area contributed by atoms with Gasteiger partial charge in [0.2, 0.25) is 0 Å². The van der Waals surface area contributed by atoms with Gasteiger partial charge >= 0.3 is 0 Å². The van der Waals surface area contributed by atoms with Crippen LogP contribution in [0.3, 0.4) is 0 Å². The lowest BCUT2D eigenvalue weighted by atomic mass is 10.0. The molecular weight excluding hydrogens is 504 g/mol. The summed E-state index contributed by atoms with van der Waals surface area (Å²) in [5.41, 5.74) is 6.03. The minimum absolute atomic E-state index is 0.716. The van der Waals surface area contributed by atoms with Crippen LogP contribution >= 0.6 is 0 Å². The van der Waals surface area contributed by atoms with Crippen molar-refractivity contribution in [3.05, 3.63) is 120 Å². The number of amidine groups is 2. The van der Waals surface area contributed by atoms with Gasteiger partial charge in [0.15, 0.2) is 0 Å². The molecule has 0 atom stereocenters. The van der Waals surface area contributed by atoms with Crippen molar-refractivity contribution in [2.75, 3.05) is 20.8 Å². The molecular formula is C36H52N4O. The average Bonchev–Trinajstić information content (AvgIpc) is 2.97. The number of aryl methyl sites for hydroxylation is 2. The molecule has 0 saturated carbocycles. The number of aliphatic imine (C=N–C) groups is 2. The Kier molecular flexibility index (Phi) is 19.0. The van der Waals surface area contributed by atoms with E-state index in [-0.39, 0.29) is 0 Å². The van der Waals surface area contributed by atoms with Crippen LogP contribution < -0.4 is 10.6 Å². The molecule has 0 heterocycles. The molecule has 222 valence electrons. The molecule has 0 saturated heterocycles. The van der Waals surface area contributed by atoms with Crippen LogP contribution in [0, 0.1) is 6.92 Å².